The number of nitrogens with zero attached hydrogens (tertiary/aromatic N) is 1. The van der Waals surface area contributed by atoms with Gasteiger partial charge in [0.25, 0.3) is 5.91 Å². The molecule has 0 unspecified atom stereocenters. The second kappa shape index (κ2) is 5.81. The first-order chi connectivity index (χ1) is 11.2. The van der Waals surface area contributed by atoms with Crippen LogP contribution < -0.4 is 5.32 Å². The maximum Gasteiger partial charge on any atom is 0.287 e. The van der Waals surface area contributed by atoms with Gasteiger partial charge in [-0.05, 0) is 56.1 Å². The molecule has 0 saturated carbocycles. The second-order valence-electron chi connectivity index (χ2n) is 6.36. The molecule has 3 aliphatic heterocycles. The predicted molar refractivity (Wildman–Crippen MR) is 84.5 cm³/mol. The quantitative estimate of drug-likeness (QED) is 0.947. The zero-order chi connectivity index (χ0) is 15.8. The fourth-order valence-electron chi connectivity index (χ4n) is 3.63. The summed E-state index contributed by atoms with van der Waals surface area (Å²) in [6.07, 6.45) is 2.28. The molecule has 4 nitrogen and oxygen atoms in total. The van der Waals surface area contributed by atoms with Crippen molar-refractivity contribution < 1.29 is 13.6 Å². The van der Waals surface area contributed by atoms with Crippen LogP contribution in [0.5, 0.6) is 0 Å². The van der Waals surface area contributed by atoms with E-state index in [-0.39, 0.29) is 23.5 Å². The van der Waals surface area contributed by atoms with E-state index in [4.69, 9.17) is 4.42 Å². The van der Waals surface area contributed by atoms with Crippen LogP contribution in [0.15, 0.2) is 40.8 Å². The van der Waals surface area contributed by atoms with E-state index in [1.54, 1.807) is 30.3 Å². The lowest BCUT2D eigenvalue weighted by molar-refractivity contribution is 0.0606. The van der Waals surface area contributed by atoms with Crippen molar-refractivity contribution in [2.24, 2.45) is 5.92 Å². The van der Waals surface area contributed by atoms with Gasteiger partial charge in [-0.3, -0.25) is 4.79 Å². The van der Waals surface area contributed by atoms with Crippen LogP contribution in [-0.2, 0) is 0 Å². The number of benzene rings is 1. The summed E-state index contributed by atoms with van der Waals surface area (Å²) >= 11 is 0. The highest BCUT2D eigenvalue weighted by atomic mass is 19.1. The third-order valence-electron chi connectivity index (χ3n) is 4.94. The van der Waals surface area contributed by atoms with Gasteiger partial charge in [0.2, 0.25) is 0 Å². The van der Waals surface area contributed by atoms with Gasteiger partial charge in [0.05, 0.1) is 5.56 Å². The van der Waals surface area contributed by atoms with Crippen molar-refractivity contribution in [3.05, 3.63) is 48.0 Å². The van der Waals surface area contributed by atoms with E-state index in [0.29, 0.717) is 17.2 Å². The van der Waals surface area contributed by atoms with Crippen molar-refractivity contribution in [3.63, 3.8) is 0 Å². The molecular formula is C18H19FN2O2. The lowest BCUT2D eigenvalue weighted by Crippen LogP contribution is -2.57. The van der Waals surface area contributed by atoms with E-state index >= 15 is 0 Å². The summed E-state index contributed by atoms with van der Waals surface area (Å²) in [5.41, 5.74) is 0.370. The van der Waals surface area contributed by atoms with Gasteiger partial charge in [0.15, 0.2) is 5.76 Å². The van der Waals surface area contributed by atoms with Crippen molar-refractivity contribution in [2.45, 2.75) is 18.9 Å². The first-order valence-electron chi connectivity index (χ1n) is 8.08. The Labute approximate surface area is 134 Å². The SMILES string of the molecule is O=C(N[C@H]1CN2CCC1CC2)c1ccc(-c2ccccc2[19F])o1. The van der Waals surface area contributed by atoms with Crippen LogP contribution in [-0.4, -0.2) is 36.5 Å². The average molecular weight is 314 g/mol. The minimum absolute atomic E-state index is 0.187. The van der Waals surface area contributed by atoms with Crippen molar-refractivity contribution >= 4 is 5.91 Å². The number of fused-ring (bicyclic) bond motifs is 3. The van der Waals surface area contributed by atoms with Crippen LogP contribution in [0.3, 0.4) is 0 Å². The van der Waals surface area contributed by atoms with Gasteiger partial charge in [-0.1, -0.05) is 12.1 Å². The van der Waals surface area contributed by atoms with Gasteiger partial charge < -0.3 is 14.6 Å². The highest BCUT2D eigenvalue weighted by molar-refractivity contribution is 5.92. The molecule has 1 aromatic heterocycles. The van der Waals surface area contributed by atoms with Gasteiger partial charge >= 0.3 is 0 Å². The van der Waals surface area contributed by atoms with Gasteiger partial charge in [0, 0.05) is 12.6 Å². The number of halogens is 1. The number of rotatable bonds is 3. The molecule has 0 spiro atoms. The highest BCUT2D eigenvalue weighted by Gasteiger charge is 2.35. The number of amides is 1. The summed E-state index contributed by atoms with van der Waals surface area (Å²) in [6, 6.07) is 9.83. The summed E-state index contributed by atoms with van der Waals surface area (Å²) in [5.74, 6) is 0.601. The molecule has 5 heteroatoms. The molecule has 3 fully saturated rings. The van der Waals surface area contributed by atoms with Crippen LogP contribution >= 0.6 is 0 Å². The summed E-state index contributed by atoms with van der Waals surface area (Å²) < 4.78 is 19.4. The lowest BCUT2D eigenvalue weighted by atomic mass is 9.84. The van der Waals surface area contributed by atoms with Gasteiger partial charge in [-0.2, -0.15) is 0 Å². The first kappa shape index (κ1) is 14.5. The average Bonchev–Trinajstić information content (AvgIpc) is 3.06. The second-order valence-corrected chi connectivity index (χ2v) is 6.36. The van der Waals surface area contributed by atoms with Gasteiger partial charge in [-0.25, -0.2) is 4.39 Å². The van der Waals surface area contributed by atoms with Crippen molar-refractivity contribution in [3.8, 4) is 11.3 Å². The molecule has 0 radical (unpaired) electrons. The normalized spacial score (nSPS) is 26.2. The summed E-state index contributed by atoms with van der Waals surface area (Å²) in [5, 5.41) is 3.08. The standard InChI is InChI=1S/C18H19FN2O2/c19-14-4-2-1-3-13(14)16-5-6-17(23-16)18(22)20-15-11-21-9-7-12(15)8-10-21/h1-6,12,15H,7-11H2,(H,20,22)/t15-/m0/s1/i19+0. The Hall–Kier alpha value is -2.14. The fourth-order valence-corrected chi connectivity index (χ4v) is 3.63. The molecule has 1 atom stereocenters. The molecule has 0 aliphatic carbocycles. The van der Waals surface area contributed by atoms with Crippen molar-refractivity contribution in [2.75, 3.05) is 19.6 Å². The van der Waals surface area contributed by atoms with E-state index in [2.05, 4.69) is 10.2 Å². The zero-order valence-corrected chi connectivity index (χ0v) is 12.8. The predicted octanol–water partition coefficient (Wildman–Crippen LogP) is 2.91. The topological polar surface area (TPSA) is 45.5 Å². The third-order valence-corrected chi connectivity index (χ3v) is 4.94. The maximum absolute atomic E-state index is 13.8. The van der Waals surface area contributed by atoms with E-state index in [1.165, 1.54) is 6.07 Å². The van der Waals surface area contributed by atoms with Gasteiger partial charge in [-0.15, -0.1) is 0 Å². The Morgan fingerprint density at radius 2 is 1.96 bits per heavy atom. The van der Waals surface area contributed by atoms with E-state index < -0.39 is 0 Å². The Bertz CT molecular complexity index is 719. The van der Waals surface area contributed by atoms with Crippen molar-refractivity contribution in [1.29, 1.82) is 0 Å². The van der Waals surface area contributed by atoms with Crippen LogP contribution in [0.25, 0.3) is 11.3 Å². The molecule has 3 aliphatic rings. The number of hydrogen-bond acceptors (Lipinski definition) is 3. The Balaban J connectivity index is 1.48. The molecule has 4 heterocycles. The summed E-state index contributed by atoms with van der Waals surface area (Å²) in [4.78, 5) is 14.8. The largest absolute Gasteiger partial charge is 0.451 e. The van der Waals surface area contributed by atoms with Crippen LogP contribution in [0, 0.1) is 11.7 Å². The smallest absolute Gasteiger partial charge is 0.287 e. The minimum Gasteiger partial charge on any atom is -0.451 e. The molecule has 2 bridgehead atoms. The third kappa shape index (κ3) is 2.77. The molecule has 1 N–H and O–H groups in total. The van der Waals surface area contributed by atoms with E-state index in [9.17, 15) is 9.18 Å². The van der Waals surface area contributed by atoms with Crippen LogP contribution in [0.4, 0.5) is 4.39 Å². The van der Waals surface area contributed by atoms with Crippen molar-refractivity contribution in [1.82, 2.24) is 10.2 Å². The molecular weight excluding hydrogens is 295 g/mol. The highest BCUT2D eigenvalue weighted by Crippen LogP contribution is 2.28. The molecule has 120 valence electrons. The number of carbonyl (C=O) groups excluding carboxylic acids is 1. The summed E-state index contributed by atoms with van der Waals surface area (Å²) in [6.45, 7) is 3.18. The number of carbonyl (C=O) groups is 1. The number of piperidine rings is 3. The Kier molecular flexibility index (Phi) is 3.65. The zero-order valence-electron chi connectivity index (χ0n) is 12.8. The molecule has 2 aromatic rings. The fraction of sp³-hybridized carbons (Fsp3) is 0.389. The number of nitrogens with one attached hydrogen (secondary N) is 1. The Morgan fingerprint density at radius 1 is 1.17 bits per heavy atom. The molecule has 1 amide bonds. The van der Waals surface area contributed by atoms with E-state index in [1.807, 2.05) is 0 Å². The van der Waals surface area contributed by atoms with Gasteiger partial charge in [0.1, 0.15) is 11.6 Å². The molecule has 23 heavy (non-hydrogen) atoms. The minimum atomic E-state index is -0.355. The molecule has 5 rings (SSSR count). The molecule has 3 saturated heterocycles. The monoisotopic (exact) mass is 314 g/mol. The Morgan fingerprint density at radius 3 is 2.65 bits per heavy atom. The van der Waals surface area contributed by atoms with Crippen LogP contribution in [0.1, 0.15) is 23.4 Å². The maximum atomic E-state index is 13.8. The first-order valence-corrected chi connectivity index (χ1v) is 8.08. The van der Waals surface area contributed by atoms with E-state index in [0.717, 1.165) is 32.5 Å². The lowest BCUT2D eigenvalue weighted by Gasteiger charge is -2.44. The summed E-state index contributed by atoms with van der Waals surface area (Å²) in [7, 11) is 0. The van der Waals surface area contributed by atoms with Crippen LogP contribution in [0.2, 0.25) is 0 Å². The number of furan rings is 1. The number of hydrogen-bond donors (Lipinski definition) is 1. The molecule has 1 aromatic carbocycles.